The maximum Gasteiger partial charge on any atom is 0.345 e. The first-order valence-corrected chi connectivity index (χ1v) is 5.95. The number of aromatic carboxylic acids is 1. The molecule has 0 unspecified atom stereocenters. The molecule has 0 atom stereocenters. The molecule has 0 saturated carbocycles. The first-order chi connectivity index (χ1) is 7.13. The minimum Gasteiger partial charge on any atom is -0.477 e. The molecule has 0 bridgehead atoms. The van der Waals surface area contributed by atoms with E-state index in [4.69, 9.17) is 5.11 Å². The van der Waals surface area contributed by atoms with Crippen molar-refractivity contribution >= 4 is 17.3 Å². The van der Waals surface area contributed by atoms with Crippen LogP contribution >= 0.6 is 11.3 Å². The van der Waals surface area contributed by atoms with Gasteiger partial charge in [0.1, 0.15) is 4.88 Å². The fraction of sp³-hybridized carbons (Fsp3) is 0.545. The summed E-state index contributed by atoms with van der Waals surface area (Å²) in [6, 6.07) is 3.58. The molecule has 1 heterocycles. The van der Waals surface area contributed by atoms with Gasteiger partial charge in [-0.3, -0.25) is 0 Å². The van der Waals surface area contributed by atoms with Crippen LogP contribution in [-0.4, -0.2) is 29.6 Å². The highest BCUT2D eigenvalue weighted by Gasteiger charge is 2.08. The summed E-state index contributed by atoms with van der Waals surface area (Å²) in [4.78, 5) is 14.4. The van der Waals surface area contributed by atoms with Crippen LogP contribution in [0.3, 0.4) is 0 Å². The summed E-state index contributed by atoms with van der Waals surface area (Å²) in [5, 5.41) is 8.77. The number of unbranched alkanes of at least 4 members (excludes halogenated alkanes) is 1. The molecule has 0 saturated heterocycles. The van der Waals surface area contributed by atoms with Gasteiger partial charge in [-0.2, -0.15) is 0 Å². The minimum absolute atomic E-state index is 0.425. The van der Waals surface area contributed by atoms with E-state index >= 15 is 0 Å². The number of rotatable bonds is 6. The summed E-state index contributed by atoms with van der Waals surface area (Å²) < 4.78 is 0. The van der Waals surface area contributed by atoms with Crippen LogP contribution in [0.5, 0.6) is 0 Å². The first kappa shape index (κ1) is 12.2. The summed E-state index contributed by atoms with van der Waals surface area (Å²) in [6.07, 6.45) is 2.38. The highest BCUT2D eigenvalue weighted by molar-refractivity contribution is 7.13. The molecule has 1 N–H and O–H groups in total. The van der Waals surface area contributed by atoms with Crippen molar-refractivity contribution in [3.8, 4) is 0 Å². The zero-order valence-corrected chi connectivity index (χ0v) is 10.0. The largest absolute Gasteiger partial charge is 0.477 e. The zero-order valence-electron chi connectivity index (χ0n) is 9.19. The Kier molecular flexibility index (Phi) is 4.78. The summed E-state index contributed by atoms with van der Waals surface area (Å²) in [5.74, 6) is -0.831. The van der Waals surface area contributed by atoms with Gasteiger partial charge in [0.15, 0.2) is 0 Å². The number of hydrogen-bond donors (Lipinski definition) is 1. The van der Waals surface area contributed by atoms with Crippen LogP contribution in [0.4, 0.5) is 0 Å². The quantitative estimate of drug-likeness (QED) is 0.812. The molecule has 3 nitrogen and oxygen atoms in total. The maximum atomic E-state index is 10.7. The van der Waals surface area contributed by atoms with Gasteiger partial charge in [0, 0.05) is 11.4 Å². The van der Waals surface area contributed by atoms with Crippen LogP contribution in [0.2, 0.25) is 0 Å². The van der Waals surface area contributed by atoms with Crippen LogP contribution in [0, 0.1) is 0 Å². The first-order valence-electron chi connectivity index (χ1n) is 5.14. The smallest absolute Gasteiger partial charge is 0.345 e. The number of nitrogens with zero attached hydrogens (tertiary/aromatic N) is 1. The lowest BCUT2D eigenvalue weighted by Gasteiger charge is -2.14. The second-order valence-corrected chi connectivity index (χ2v) is 4.83. The van der Waals surface area contributed by atoms with E-state index in [1.54, 1.807) is 6.07 Å². The molecule has 0 fully saturated rings. The average molecular weight is 227 g/mol. The van der Waals surface area contributed by atoms with Gasteiger partial charge < -0.3 is 10.0 Å². The number of hydrogen-bond acceptors (Lipinski definition) is 3. The van der Waals surface area contributed by atoms with Crippen molar-refractivity contribution in [3.63, 3.8) is 0 Å². The van der Waals surface area contributed by atoms with E-state index in [-0.39, 0.29) is 0 Å². The van der Waals surface area contributed by atoms with Gasteiger partial charge in [0.2, 0.25) is 0 Å². The van der Waals surface area contributed by atoms with Crippen molar-refractivity contribution in [2.24, 2.45) is 0 Å². The lowest BCUT2D eigenvalue weighted by Crippen LogP contribution is -2.18. The monoisotopic (exact) mass is 227 g/mol. The molecule has 0 aromatic carbocycles. The van der Waals surface area contributed by atoms with Crippen molar-refractivity contribution in [2.45, 2.75) is 26.3 Å². The predicted molar refractivity (Wildman–Crippen MR) is 62.5 cm³/mol. The lowest BCUT2D eigenvalue weighted by molar-refractivity contribution is 0.0702. The second kappa shape index (κ2) is 5.88. The number of carboxylic acid groups (broad SMARTS) is 1. The van der Waals surface area contributed by atoms with Crippen molar-refractivity contribution in [3.05, 3.63) is 21.9 Å². The zero-order chi connectivity index (χ0) is 11.3. The summed E-state index contributed by atoms with van der Waals surface area (Å²) in [7, 11) is 2.07. The van der Waals surface area contributed by atoms with Gasteiger partial charge in [0.05, 0.1) is 0 Å². The van der Waals surface area contributed by atoms with Crippen LogP contribution in [0.15, 0.2) is 12.1 Å². The van der Waals surface area contributed by atoms with Crippen molar-refractivity contribution in [1.29, 1.82) is 0 Å². The Labute approximate surface area is 94.3 Å². The van der Waals surface area contributed by atoms with E-state index in [2.05, 4.69) is 18.9 Å². The van der Waals surface area contributed by atoms with Crippen LogP contribution in [0.1, 0.15) is 34.3 Å². The van der Waals surface area contributed by atoms with Gasteiger partial charge in [-0.25, -0.2) is 4.79 Å². The summed E-state index contributed by atoms with van der Waals surface area (Å²) in [6.45, 7) is 4.08. The Bertz CT molecular complexity index is 322. The van der Waals surface area contributed by atoms with Crippen molar-refractivity contribution in [2.75, 3.05) is 13.6 Å². The van der Waals surface area contributed by atoms with Gasteiger partial charge in [-0.1, -0.05) is 13.3 Å². The van der Waals surface area contributed by atoms with E-state index in [9.17, 15) is 4.79 Å². The third-order valence-corrected chi connectivity index (χ3v) is 3.25. The highest BCUT2D eigenvalue weighted by Crippen LogP contribution is 2.17. The molecule has 1 aromatic heterocycles. The fourth-order valence-corrected chi connectivity index (χ4v) is 2.28. The normalized spacial score (nSPS) is 10.9. The molecule has 0 amide bonds. The Balaban J connectivity index is 2.46. The molecule has 1 aromatic rings. The molecule has 84 valence electrons. The number of carbonyl (C=O) groups is 1. The minimum atomic E-state index is -0.831. The van der Waals surface area contributed by atoms with E-state index in [1.807, 2.05) is 6.07 Å². The second-order valence-electron chi connectivity index (χ2n) is 3.66. The maximum absolute atomic E-state index is 10.7. The Hall–Kier alpha value is -0.870. The molecular formula is C11H17NO2S. The molecule has 0 aliphatic carbocycles. The molecule has 0 radical (unpaired) electrons. The molecule has 4 heteroatoms. The SMILES string of the molecule is CCCCN(C)Cc1ccc(C(=O)O)s1. The van der Waals surface area contributed by atoms with Gasteiger partial charge in [0.25, 0.3) is 0 Å². The summed E-state index contributed by atoms with van der Waals surface area (Å²) >= 11 is 1.36. The fourth-order valence-electron chi connectivity index (χ4n) is 1.35. The van der Waals surface area contributed by atoms with E-state index < -0.39 is 5.97 Å². The third-order valence-electron chi connectivity index (χ3n) is 2.19. The van der Waals surface area contributed by atoms with Crippen LogP contribution in [0.25, 0.3) is 0 Å². The molecule has 0 spiro atoms. The predicted octanol–water partition coefficient (Wildman–Crippen LogP) is 2.68. The van der Waals surface area contributed by atoms with Gasteiger partial charge in [-0.15, -0.1) is 11.3 Å². The van der Waals surface area contributed by atoms with Gasteiger partial charge >= 0.3 is 5.97 Å². The van der Waals surface area contributed by atoms with E-state index in [0.717, 1.165) is 18.0 Å². The highest BCUT2D eigenvalue weighted by atomic mass is 32.1. The molecule has 1 rings (SSSR count). The summed E-state index contributed by atoms with van der Waals surface area (Å²) in [5.41, 5.74) is 0. The van der Waals surface area contributed by atoms with Gasteiger partial charge in [-0.05, 0) is 32.1 Å². The Morgan fingerprint density at radius 3 is 2.80 bits per heavy atom. The standard InChI is InChI=1S/C11H17NO2S/c1-3-4-7-12(2)8-9-5-6-10(15-9)11(13)14/h5-6H,3-4,7-8H2,1-2H3,(H,13,14). The van der Waals surface area contributed by atoms with E-state index in [0.29, 0.717) is 4.88 Å². The Morgan fingerprint density at radius 2 is 2.27 bits per heavy atom. The van der Waals surface area contributed by atoms with Crippen LogP contribution < -0.4 is 0 Å². The molecular weight excluding hydrogens is 210 g/mol. The molecule has 15 heavy (non-hydrogen) atoms. The average Bonchev–Trinajstić information content (AvgIpc) is 2.63. The van der Waals surface area contributed by atoms with E-state index in [1.165, 1.54) is 24.2 Å². The Morgan fingerprint density at radius 1 is 1.53 bits per heavy atom. The molecule has 0 aliphatic heterocycles. The van der Waals surface area contributed by atoms with Crippen molar-refractivity contribution in [1.82, 2.24) is 4.90 Å². The van der Waals surface area contributed by atoms with Crippen molar-refractivity contribution < 1.29 is 9.90 Å². The topological polar surface area (TPSA) is 40.5 Å². The third kappa shape index (κ3) is 4.01. The van der Waals surface area contributed by atoms with Crippen LogP contribution in [-0.2, 0) is 6.54 Å². The lowest BCUT2D eigenvalue weighted by atomic mass is 10.3. The number of carboxylic acids is 1. The number of thiophene rings is 1. The molecule has 0 aliphatic rings.